The Kier molecular flexibility index (Phi) is 20.3. The summed E-state index contributed by atoms with van der Waals surface area (Å²) in [5.74, 6) is 0.593. The van der Waals surface area contributed by atoms with Gasteiger partial charge in [0.25, 0.3) is 0 Å². The van der Waals surface area contributed by atoms with Crippen LogP contribution in [-0.2, 0) is 61.6 Å². The molecular weight excluding hydrogens is 1240 g/mol. The fraction of sp³-hybridized carbons (Fsp3) is 1.00. The summed E-state index contributed by atoms with van der Waals surface area (Å²) in [5, 5.41) is 188. The highest BCUT2D eigenvalue weighted by Crippen LogP contribution is 2.80. The molecule has 30 heteroatoms. The first-order valence-electron chi connectivity index (χ1n) is 33.5. The van der Waals surface area contributed by atoms with Gasteiger partial charge in [0.2, 0.25) is 0 Å². The number of fused-ring (bicyclic) bond motifs is 4. The summed E-state index contributed by atoms with van der Waals surface area (Å²) >= 11 is 0. The van der Waals surface area contributed by atoms with Crippen LogP contribution in [0.1, 0.15) is 113 Å². The van der Waals surface area contributed by atoms with Gasteiger partial charge in [-0.05, 0) is 104 Å². The maximum atomic E-state index is 12.8. The van der Waals surface area contributed by atoms with Crippen LogP contribution in [0.2, 0.25) is 0 Å². The van der Waals surface area contributed by atoms with Gasteiger partial charge in [-0.1, -0.05) is 48.5 Å². The minimum absolute atomic E-state index is 0.0877. The molecule has 5 aliphatic carbocycles. The van der Waals surface area contributed by atoms with E-state index in [0.29, 0.717) is 19.4 Å². The van der Waals surface area contributed by atoms with Crippen LogP contribution in [0.3, 0.4) is 0 Å². The third-order valence-corrected chi connectivity index (χ3v) is 25.7. The Morgan fingerprint density at radius 1 is 0.398 bits per heavy atom. The molecule has 37 atom stereocenters. The van der Waals surface area contributed by atoms with Crippen molar-refractivity contribution >= 4 is 0 Å². The summed E-state index contributed by atoms with van der Waals surface area (Å²) in [6.07, 6.45) is -41.7. The quantitative estimate of drug-likeness (QED) is 0.0684. The smallest absolute Gasteiger partial charge is 0.187 e. The van der Waals surface area contributed by atoms with Gasteiger partial charge in [0, 0.05) is 10.8 Å². The highest BCUT2D eigenvalue weighted by atomic mass is 16.8. The van der Waals surface area contributed by atoms with Gasteiger partial charge < -0.3 is 148 Å². The lowest BCUT2D eigenvalue weighted by molar-refractivity contribution is -0.407. The largest absolute Gasteiger partial charge is 0.394 e. The van der Waals surface area contributed by atoms with Crippen LogP contribution >= 0.6 is 0 Å². The average Bonchev–Trinajstić information content (AvgIpc) is 1.60. The summed E-state index contributed by atoms with van der Waals surface area (Å²) in [6, 6.07) is 0. The van der Waals surface area contributed by atoms with Crippen LogP contribution in [-0.4, -0.2) is 317 Å². The molecule has 0 aromatic carbocycles. The molecule has 12 aliphatic rings. The van der Waals surface area contributed by atoms with E-state index in [1.807, 2.05) is 0 Å². The molecule has 12 rings (SSSR count). The molecule has 1 spiro atoms. The van der Waals surface area contributed by atoms with Gasteiger partial charge >= 0.3 is 0 Å². The first-order chi connectivity index (χ1) is 43.8. The lowest BCUT2D eigenvalue weighted by Crippen LogP contribution is -2.74. The van der Waals surface area contributed by atoms with Gasteiger partial charge in [0.1, 0.15) is 128 Å². The maximum absolute atomic E-state index is 12.8. The Bertz CT molecular complexity index is 2560. The summed E-state index contributed by atoms with van der Waals surface area (Å²) in [4.78, 5) is 0. The van der Waals surface area contributed by atoms with E-state index in [4.69, 9.17) is 61.6 Å². The summed E-state index contributed by atoms with van der Waals surface area (Å²) in [7, 11) is 0. The predicted octanol–water partition coefficient (Wildman–Crippen LogP) is -4.78. The molecule has 536 valence electrons. The lowest BCUT2D eigenvalue weighted by atomic mass is 9.30. The van der Waals surface area contributed by atoms with Crippen molar-refractivity contribution in [1.82, 2.24) is 0 Å². The van der Waals surface area contributed by atoms with Crippen molar-refractivity contribution in [3.63, 3.8) is 0 Å². The van der Waals surface area contributed by atoms with Crippen molar-refractivity contribution in [3.8, 4) is 0 Å². The van der Waals surface area contributed by atoms with Crippen LogP contribution < -0.4 is 0 Å². The van der Waals surface area contributed by atoms with Crippen LogP contribution in [0, 0.1) is 50.2 Å². The van der Waals surface area contributed by atoms with Crippen LogP contribution in [0.5, 0.6) is 0 Å². The molecular formula is C63H104O30. The van der Waals surface area contributed by atoms with E-state index in [2.05, 4.69) is 48.5 Å². The van der Waals surface area contributed by atoms with Crippen molar-refractivity contribution in [2.75, 3.05) is 46.2 Å². The normalized spacial score (nSPS) is 56.9. The summed E-state index contributed by atoms with van der Waals surface area (Å²) in [5.41, 5.74) is -1.77. The first-order valence-corrected chi connectivity index (χ1v) is 33.5. The summed E-state index contributed by atoms with van der Waals surface area (Å²) < 4.78 is 80.6. The van der Waals surface area contributed by atoms with E-state index >= 15 is 0 Å². The minimum atomic E-state index is -2.16. The number of hydrogen-bond donors (Lipinski definition) is 17. The standard InChI is InChI=1S/C63H104O30/c1-57(2)14-15-62-24-84-63(33(62)16-57)13-9-32-59(5)11-10-35(58(3,4)31(59)8-12-60(32,6)61(63,7)17-34(62)69)89-55-49(92-53-45(79)41(75)38(72)27(18-64)85-53)40(74)30(23-83-55)88-56-50(93-52-44(78)37(71)26(68)22-82-52)48(39(73)28(19-65)86-56)91-54-46(80)42(76)47(29(20-66)87-54)90-51-43(77)36(70)25(67)21-81-51/h25-56,64-80H,8-24H2,1-7H3/t25-,26-,27-,28-,29-,30+,31+,32-,33-,34-,35+,36+,37+,38-,39-,40+,41+,42-,43-,44-,45-,46-,47-,48+,49-,50-,51+,52+,53+,54+,55+,56+,59+,60-,61+,62-,63+/m1/s1. The van der Waals surface area contributed by atoms with E-state index in [9.17, 15) is 86.8 Å². The number of aliphatic hydroxyl groups excluding tert-OH is 17. The zero-order valence-electron chi connectivity index (χ0n) is 53.9. The van der Waals surface area contributed by atoms with Crippen molar-refractivity contribution < 1.29 is 148 Å². The van der Waals surface area contributed by atoms with Crippen molar-refractivity contribution in [3.05, 3.63) is 0 Å². The number of aliphatic hydroxyl groups is 17. The Hall–Kier alpha value is -1.20. The molecule has 5 saturated carbocycles. The predicted molar refractivity (Wildman–Crippen MR) is 309 cm³/mol. The SMILES string of the molecule is CC1(C)CC[C@]23CO[C@@]4(CC[C@@H]5[C@@]6(C)CC[C@H](O[C@@H]7OC[C@H](O[C@@H]8O[C@H](CO)[C@@H](O)[C@H](O[C@@H]9O[C@H](CO)[C@@H](O[C@@H]%10OC[C@@H](O)[C@H](O)[C@H]%10O)[C@H](O)[C@H]9O)[C@H]8O[C@@H]8OC[C@@H](O)[C@H](O)[C@H]8O)[C@H](O)[C@H]7O[C@@H]7O[C@H](CO)[C@@H](O)[C@H](O)[C@H]7O)C(C)(C)[C@@H]6CC[C@@]5(C)[C@]4(C)C[C@H]2O)[C@@H]3C1. The van der Waals surface area contributed by atoms with Crippen molar-refractivity contribution in [1.29, 1.82) is 0 Å². The number of hydrogen-bond acceptors (Lipinski definition) is 30. The van der Waals surface area contributed by atoms with Gasteiger partial charge in [-0.25, -0.2) is 0 Å². The first kappa shape index (κ1) is 71.6. The van der Waals surface area contributed by atoms with E-state index in [1.165, 1.54) is 0 Å². The van der Waals surface area contributed by atoms with Gasteiger partial charge in [-0.2, -0.15) is 0 Å². The number of rotatable bonds is 15. The molecule has 7 heterocycles. The monoisotopic (exact) mass is 1340 g/mol. The second-order valence-electron chi connectivity index (χ2n) is 31.4. The summed E-state index contributed by atoms with van der Waals surface area (Å²) in [6.45, 7) is 12.5. The Morgan fingerprint density at radius 3 is 1.57 bits per heavy atom. The van der Waals surface area contributed by atoms with E-state index < -0.39 is 223 Å². The second kappa shape index (κ2) is 26.3. The molecule has 2 bridgehead atoms. The molecule has 0 radical (unpaired) electrons. The van der Waals surface area contributed by atoms with E-state index in [1.54, 1.807) is 0 Å². The van der Waals surface area contributed by atoms with Gasteiger partial charge in [0.15, 0.2) is 37.7 Å². The van der Waals surface area contributed by atoms with Crippen molar-refractivity contribution in [2.24, 2.45) is 50.2 Å². The Morgan fingerprint density at radius 2 is 0.935 bits per heavy atom. The van der Waals surface area contributed by atoms with Gasteiger partial charge in [0.05, 0.1) is 64.1 Å². The molecule has 12 fully saturated rings. The molecule has 0 amide bonds. The number of ether oxygens (including phenoxy) is 13. The van der Waals surface area contributed by atoms with Crippen LogP contribution in [0.4, 0.5) is 0 Å². The zero-order valence-corrected chi connectivity index (χ0v) is 53.9. The average molecular weight is 1340 g/mol. The van der Waals surface area contributed by atoms with Crippen LogP contribution in [0.25, 0.3) is 0 Å². The molecule has 17 N–H and O–H groups in total. The molecule has 0 unspecified atom stereocenters. The molecule has 7 aliphatic heterocycles. The Labute approximate surface area is 539 Å². The fourth-order valence-electron chi connectivity index (χ4n) is 20.1. The molecule has 93 heavy (non-hydrogen) atoms. The Balaban J connectivity index is 0.809. The van der Waals surface area contributed by atoms with Gasteiger partial charge in [-0.3, -0.25) is 0 Å². The van der Waals surface area contributed by atoms with Gasteiger partial charge in [-0.15, -0.1) is 0 Å². The van der Waals surface area contributed by atoms with Crippen molar-refractivity contribution in [2.45, 2.75) is 296 Å². The van der Waals surface area contributed by atoms with Crippen LogP contribution in [0.15, 0.2) is 0 Å². The van der Waals surface area contributed by atoms with E-state index in [-0.39, 0.29) is 50.4 Å². The molecule has 0 aromatic rings. The zero-order chi connectivity index (χ0) is 67.2. The maximum Gasteiger partial charge on any atom is 0.187 e. The fourth-order valence-corrected chi connectivity index (χ4v) is 20.1. The minimum Gasteiger partial charge on any atom is -0.394 e. The highest BCUT2D eigenvalue weighted by Gasteiger charge is 2.80. The topological polar surface area (TPSA) is 464 Å². The molecule has 30 nitrogen and oxygen atoms in total. The third-order valence-electron chi connectivity index (χ3n) is 25.7. The lowest BCUT2D eigenvalue weighted by Gasteiger charge is -2.75. The molecule has 7 saturated heterocycles. The third kappa shape index (κ3) is 11.7. The second-order valence-corrected chi connectivity index (χ2v) is 31.4. The highest BCUT2D eigenvalue weighted by molar-refractivity contribution is 5.28. The molecule has 0 aromatic heterocycles. The van der Waals surface area contributed by atoms with E-state index in [0.717, 1.165) is 51.4 Å².